The van der Waals surface area contributed by atoms with E-state index in [2.05, 4.69) is 57.3 Å². The Morgan fingerprint density at radius 2 is 1.70 bits per heavy atom. The van der Waals surface area contributed by atoms with Gasteiger partial charge in [0.05, 0.1) is 19.6 Å². The van der Waals surface area contributed by atoms with Crippen LogP contribution < -0.4 is 19.5 Å². The maximum absolute atomic E-state index is 13.8. The summed E-state index contributed by atoms with van der Waals surface area (Å²) in [7, 11) is 1.56. The summed E-state index contributed by atoms with van der Waals surface area (Å²) in [6, 6.07) is 15.7. The summed E-state index contributed by atoms with van der Waals surface area (Å²) in [6.45, 7) is 8.94. The lowest BCUT2D eigenvalue weighted by molar-refractivity contribution is -0.143. The number of carboxylic acid groups (broad SMARTS) is 1. The van der Waals surface area contributed by atoms with Gasteiger partial charge in [0, 0.05) is 24.2 Å². The Labute approximate surface area is 260 Å². The number of rotatable bonds is 12. The number of carbonyl (C=O) groups is 2. The van der Waals surface area contributed by atoms with E-state index in [0.717, 1.165) is 60.0 Å². The van der Waals surface area contributed by atoms with E-state index in [9.17, 15) is 14.7 Å². The smallest absolute Gasteiger partial charge is 0.309 e. The molecule has 0 spiro atoms. The van der Waals surface area contributed by atoms with Crippen molar-refractivity contribution in [2.75, 3.05) is 32.3 Å². The van der Waals surface area contributed by atoms with Gasteiger partial charge in [-0.1, -0.05) is 69.2 Å². The third kappa shape index (κ3) is 6.41. The van der Waals surface area contributed by atoms with Crippen LogP contribution in [0.5, 0.6) is 17.2 Å². The standard InChI is InChI=1S/C36H44N2O6/c1-6-9-10-23-11-13-26(14-12-23)34-32(36(40)41)28(27-17-29(42-5)35-30(18-27)43-21-44-35)19-38(34)20-31(39)37-33-24(7-2)15-22(4)16-25(33)8-3/h11-18,28,32,34H,6-10,19-21H2,1-5H3,(H,37,39)(H,40,41)/t28-,32?,34+/m1/s1. The molecular weight excluding hydrogens is 556 g/mol. The molecule has 0 aromatic heterocycles. The number of anilines is 1. The Kier molecular flexibility index (Phi) is 9.79. The Bertz CT molecular complexity index is 1480. The molecule has 0 aliphatic carbocycles. The van der Waals surface area contributed by atoms with E-state index in [1.54, 1.807) is 7.11 Å². The zero-order chi connectivity index (χ0) is 31.4. The molecule has 1 saturated heterocycles. The van der Waals surface area contributed by atoms with E-state index in [4.69, 9.17) is 14.2 Å². The average molecular weight is 601 g/mol. The largest absolute Gasteiger partial charge is 0.493 e. The maximum atomic E-state index is 13.8. The Morgan fingerprint density at radius 1 is 1.00 bits per heavy atom. The second-order valence-electron chi connectivity index (χ2n) is 11.9. The lowest BCUT2D eigenvalue weighted by Crippen LogP contribution is -2.35. The van der Waals surface area contributed by atoms with Crippen LogP contribution in [0.25, 0.3) is 0 Å². The fourth-order valence-electron chi connectivity index (χ4n) is 6.78. The third-order valence-corrected chi connectivity index (χ3v) is 8.95. The first kappa shape index (κ1) is 31.4. The van der Waals surface area contributed by atoms with Crippen molar-refractivity contribution < 1.29 is 28.9 Å². The number of carbonyl (C=O) groups excluding carboxylic acids is 1. The highest BCUT2D eigenvalue weighted by molar-refractivity contribution is 5.94. The predicted molar refractivity (Wildman–Crippen MR) is 171 cm³/mol. The normalized spacial score (nSPS) is 19.2. The van der Waals surface area contributed by atoms with Crippen LogP contribution in [-0.4, -0.2) is 48.9 Å². The number of unbranched alkanes of at least 4 members (excludes halogenated alkanes) is 1. The second kappa shape index (κ2) is 13.7. The van der Waals surface area contributed by atoms with Crippen LogP contribution in [0.4, 0.5) is 5.69 Å². The zero-order valence-electron chi connectivity index (χ0n) is 26.4. The van der Waals surface area contributed by atoms with E-state index < -0.39 is 23.8 Å². The van der Waals surface area contributed by atoms with Gasteiger partial charge in [0.15, 0.2) is 11.5 Å². The van der Waals surface area contributed by atoms with Gasteiger partial charge in [-0.3, -0.25) is 14.5 Å². The summed E-state index contributed by atoms with van der Waals surface area (Å²) < 4.78 is 16.9. The van der Waals surface area contributed by atoms with Crippen LogP contribution >= 0.6 is 0 Å². The molecule has 8 nitrogen and oxygen atoms in total. The molecule has 3 atom stereocenters. The second-order valence-corrected chi connectivity index (χ2v) is 11.9. The van der Waals surface area contributed by atoms with Gasteiger partial charge in [0.25, 0.3) is 0 Å². The maximum Gasteiger partial charge on any atom is 0.309 e. The molecule has 1 unspecified atom stereocenters. The minimum Gasteiger partial charge on any atom is -0.493 e. The quantitative estimate of drug-likeness (QED) is 0.239. The Morgan fingerprint density at radius 3 is 2.32 bits per heavy atom. The van der Waals surface area contributed by atoms with Crippen LogP contribution in [0, 0.1) is 12.8 Å². The van der Waals surface area contributed by atoms with E-state index in [-0.39, 0.29) is 19.2 Å². The molecule has 0 saturated carbocycles. The topological polar surface area (TPSA) is 97.3 Å². The fraction of sp³-hybridized carbons (Fsp3) is 0.444. The van der Waals surface area contributed by atoms with E-state index >= 15 is 0 Å². The number of methoxy groups -OCH3 is 1. The predicted octanol–water partition coefficient (Wildman–Crippen LogP) is 6.68. The van der Waals surface area contributed by atoms with Crippen molar-refractivity contribution >= 4 is 17.6 Å². The number of amides is 1. The summed E-state index contributed by atoms with van der Waals surface area (Å²) >= 11 is 0. The van der Waals surface area contributed by atoms with Crippen LogP contribution in [0.1, 0.15) is 79.0 Å². The molecule has 2 N–H and O–H groups in total. The minimum absolute atomic E-state index is 0.0599. The summed E-state index contributed by atoms with van der Waals surface area (Å²) in [4.78, 5) is 28.8. The highest BCUT2D eigenvalue weighted by Gasteiger charge is 2.48. The molecule has 8 heteroatoms. The first-order chi connectivity index (χ1) is 21.3. The lowest BCUT2D eigenvalue weighted by Gasteiger charge is -2.27. The van der Waals surface area contributed by atoms with Crippen LogP contribution in [-0.2, 0) is 28.9 Å². The van der Waals surface area contributed by atoms with E-state index in [1.165, 1.54) is 11.1 Å². The number of carboxylic acids is 1. The number of hydrogen-bond acceptors (Lipinski definition) is 6. The molecule has 3 aromatic rings. The monoisotopic (exact) mass is 600 g/mol. The number of aliphatic carboxylic acids is 1. The van der Waals surface area contributed by atoms with Crippen molar-refractivity contribution in [3.8, 4) is 17.2 Å². The van der Waals surface area contributed by atoms with Crippen LogP contribution in [0.2, 0.25) is 0 Å². The molecule has 234 valence electrons. The fourth-order valence-corrected chi connectivity index (χ4v) is 6.78. The number of hydrogen-bond donors (Lipinski definition) is 2. The van der Waals surface area contributed by atoms with Crippen LogP contribution in [0.15, 0.2) is 48.5 Å². The number of nitrogens with one attached hydrogen (secondary N) is 1. The van der Waals surface area contributed by atoms with Gasteiger partial charge in [0.1, 0.15) is 0 Å². The van der Waals surface area contributed by atoms with Gasteiger partial charge in [-0.15, -0.1) is 0 Å². The van der Waals surface area contributed by atoms with Gasteiger partial charge in [-0.25, -0.2) is 0 Å². The lowest BCUT2D eigenvalue weighted by atomic mass is 9.82. The van der Waals surface area contributed by atoms with Crippen molar-refractivity contribution in [1.82, 2.24) is 4.90 Å². The van der Waals surface area contributed by atoms with Gasteiger partial charge in [-0.2, -0.15) is 0 Å². The highest BCUT2D eigenvalue weighted by Crippen LogP contribution is 2.50. The van der Waals surface area contributed by atoms with Crippen molar-refractivity contribution in [3.05, 3.63) is 81.9 Å². The molecule has 1 fully saturated rings. The number of nitrogens with zero attached hydrogens (tertiary/aromatic N) is 1. The Hall–Kier alpha value is -4.04. The van der Waals surface area contributed by atoms with Crippen molar-refractivity contribution in [2.24, 2.45) is 5.92 Å². The summed E-state index contributed by atoms with van der Waals surface area (Å²) in [5.41, 5.74) is 7.14. The van der Waals surface area contributed by atoms with Gasteiger partial charge >= 0.3 is 5.97 Å². The van der Waals surface area contributed by atoms with E-state index in [0.29, 0.717) is 23.8 Å². The number of ether oxygens (including phenoxy) is 3. The zero-order valence-corrected chi connectivity index (χ0v) is 26.4. The third-order valence-electron chi connectivity index (χ3n) is 8.95. The molecule has 44 heavy (non-hydrogen) atoms. The molecule has 3 aromatic carbocycles. The molecule has 2 heterocycles. The van der Waals surface area contributed by atoms with Gasteiger partial charge < -0.3 is 24.6 Å². The highest BCUT2D eigenvalue weighted by atomic mass is 16.7. The molecule has 1 amide bonds. The summed E-state index contributed by atoms with van der Waals surface area (Å²) in [5.74, 6) is -0.712. The number of fused-ring (bicyclic) bond motifs is 1. The number of likely N-dealkylation sites (tertiary alicyclic amines) is 1. The SMILES string of the molecule is CCCCc1ccc([C@H]2C(C(=O)O)[C@@H](c3cc(OC)c4c(c3)OCO4)CN2CC(=O)Nc2c(CC)cc(C)cc2CC)cc1. The van der Waals surface area contributed by atoms with Crippen molar-refractivity contribution in [3.63, 3.8) is 0 Å². The first-order valence-corrected chi connectivity index (χ1v) is 15.7. The average Bonchev–Trinajstić information content (AvgIpc) is 3.65. The molecular formula is C36H44N2O6. The molecule has 0 radical (unpaired) electrons. The van der Waals surface area contributed by atoms with Crippen LogP contribution in [0.3, 0.4) is 0 Å². The summed E-state index contributed by atoms with van der Waals surface area (Å²) in [6.07, 6.45) is 4.78. The van der Waals surface area contributed by atoms with E-state index in [1.807, 2.05) is 29.2 Å². The van der Waals surface area contributed by atoms with Gasteiger partial charge in [-0.05, 0) is 72.6 Å². The molecule has 2 aliphatic rings. The number of benzene rings is 3. The summed E-state index contributed by atoms with van der Waals surface area (Å²) in [5, 5.41) is 13.9. The molecule has 2 aliphatic heterocycles. The first-order valence-electron chi connectivity index (χ1n) is 15.7. The van der Waals surface area contributed by atoms with Crippen molar-refractivity contribution in [1.29, 1.82) is 0 Å². The minimum atomic E-state index is -0.908. The molecule has 0 bridgehead atoms. The molecule has 5 rings (SSSR count). The Balaban J connectivity index is 1.51. The number of aryl methyl sites for hydroxylation is 4. The van der Waals surface area contributed by atoms with Gasteiger partial charge in [0.2, 0.25) is 18.4 Å². The van der Waals surface area contributed by atoms with Crippen molar-refractivity contribution in [2.45, 2.75) is 71.8 Å².